The van der Waals surface area contributed by atoms with Gasteiger partial charge >= 0.3 is 12.1 Å². The van der Waals surface area contributed by atoms with Gasteiger partial charge in [-0.3, -0.25) is 4.79 Å². The van der Waals surface area contributed by atoms with Crippen molar-refractivity contribution in [3.8, 4) is 0 Å². The third kappa shape index (κ3) is 5.91. The number of thiophene rings is 1. The molecule has 168 valence electrons. The highest BCUT2D eigenvalue weighted by atomic mass is 32.1. The van der Waals surface area contributed by atoms with Gasteiger partial charge in [-0.1, -0.05) is 6.07 Å². The molecular weight excluding hydrogens is 437 g/mol. The lowest BCUT2D eigenvalue weighted by Crippen LogP contribution is -2.43. The van der Waals surface area contributed by atoms with Crippen molar-refractivity contribution in [2.75, 3.05) is 44.3 Å². The van der Waals surface area contributed by atoms with E-state index in [1.54, 1.807) is 12.4 Å². The first kappa shape index (κ1) is 22.9. The first-order valence-electron chi connectivity index (χ1n) is 9.43. The summed E-state index contributed by atoms with van der Waals surface area (Å²) in [6, 6.07) is 5.64. The minimum atomic E-state index is -5.08. The summed E-state index contributed by atoms with van der Waals surface area (Å²) < 4.78 is 37.6. The standard InChI is InChI=1S/C17H20N4O2S.C2HF3O2/c22-15(14-3-1-10-24-14)20-8-9-23-13-17(11-20)4-7-21(12-17)16-18-5-2-6-19-16;3-2(4,5)1(6)7/h1-3,5-6,10H,4,7-9,11-13H2;(H,6,7). The SMILES string of the molecule is O=C(O)C(F)(F)F.O=C(c1cccs1)N1CCOCC2(CCN(c3ncccn3)C2)C1. The van der Waals surface area contributed by atoms with Gasteiger partial charge in [-0.2, -0.15) is 13.2 Å². The molecule has 8 nitrogen and oxygen atoms in total. The number of carboxylic acids is 1. The Kier molecular flexibility index (Phi) is 7.11. The van der Waals surface area contributed by atoms with E-state index in [0.717, 1.165) is 36.9 Å². The van der Waals surface area contributed by atoms with Gasteiger partial charge in [-0.25, -0.2) is 14.8 Å². The van der Waals surface area contributed by atoms with Crippen LogP contribution in [-0.2, 0) is 9.53 Å². The third-order valence-electron chi connectivity index (χ3n) is 4.98. The second kappa shape index (κ2) is 9.60. The summed E-state index contributed by atoms with van der Waals surface area (Å²) in [5.74, 6) is -1.88. The first-order chi connectivity index (χ1) is 14.7. The zero-order valence-corrected chi connectivity index (χ0v) is 17.2. The largest absolute Gasteiger partial charge is 0.490 e. The van der Waals surface area contributed by atoms with Gasteiger partial charge in [0.1, 0.15) is 0 Å². The molecule has 0 bridgehead atoms. The number of anilines is 1. The number of hydrogen-bond acceptors (Lipinski definition) is 7. The van der Waals surface area contributed by atoms with Gasteiger partial charge in [-0.05, 0) is 23.9 Å². The number of ether oxygens (including phenoxy) is 1. The van der Waals surface area contributed by atoms with E-state index in [1.807, 2.05) is 28.5 Å². The molecule has 1 atom stereocenters. The number of nitrogens with zero attached hydrogens (tertiary/aromatic N) is 4. The highest BCUT2D eigenvalue weighted by Gasteiger charge is 2.43. The summed E-state index contributed by atoms with van der Waals surface area (Å²) in [6.45, 7) is 4.39. The number of aromatic nitrogens is 2. The summed E-state index contributed by atoms with van der Waals surface area (Å²) in [5.41, 5.74) is -0.0391. The lowest BCUT2D eigenvalue weighted by Gasteiger charge is -2.31. The highest BCUT2D eigenvalue weighted by Crippen LogP contribution is 2.35. The molecule has 0 saturated carbocycles. The Balaban J connectivity index is 0.000000339. The average Bonchev–Trinajstić information content (AvgIpc) is 3.36. The number of rotatable bonds is 2. The predicted octanol–water partition coefficient (Wildman–Crippen LogP) is 2.54. The van der Waals surface area contributed by atoms with E-state index in [0.29, 0.717) is 19.8 Å². The van der Waals surface area contributed by atoms with E-state index >= 15 is 0 Å². The van der Waals surface area contributed by atoms with Crippen LogP contribution in [0.4, 0.5) is 19.1 Å². The summed E-state index contributed by atoms with van der Waals surface area (Å²) in [6.07, 6.45) is -0.563. The van der Waals surface area contributed by atoms with Gasteiger partial charge < -0.3 is 19.6 Å². The molecule has 1 unspecified atom stereocenters. The minimum Gasteiger partial charge on any atom is -0.475 e. The van der Waals surface area contributed by atoms with Gasteiger partial charge in [-0.15, -0.1) is 11.3 Å². The topological polar surface area (TPSA) is 95.9 Å². The Bertz CT molecular complexity index is 882. The fourth-order valence-electron chi connectivity index (χ4n) is 3.53. The zero-order chi connectivity index (χ0) is 22.5. The molecule has 2 aromatic heterocycles. The van der Waals surface area contributed by atoms with Gasteiger partial charge in [0.05, 0.1) is 18.1 Å². The van der Waals surface area contributed by atoms with E-state index in [4.69, 9.17) is 14.6 Å². The minimum absolute atomic E-state index is 0.0391. The highest BCUT2D eigenvalue weighted by molar-refractivity contribution is 7.12. The third-order valence-corrected chi connectivity index (χ3v) is 5.83. The Hall–Kier alpha value is -2.73. The van der Waals surface area contributed by atoms with Crippen molar-refractivity contribution in [2.24, 2.45) is 5.41 Å². The van der Waals surface area contributed by atoms with Gasteiger partial charge in [0.25, 0.3) is 5.91 Å². The van der Waals surface area contributed by atoms with Crippen LogP contribution in [0.3, 0.4) is 0 Å². The molecule has 2 fully saturated rings. The van der Waals surface area contributed by atoms with Crippen molar-refractivity contribution in [3.63, 3.8) is 0 Å². The van der Waals surface area contributed by atoms with E-state index in [-0.39, 0.29) is 11.3 Å². The summed E-state index contributed by atoms with van der Waals surface area (Å²) >= 11 is 1.50. The molecule has 1 spiro atoms. The Morgan fingerprint density at radius 2 is 1.87 bits per heavy atom. The molecule has 0 aliphatic carbocycles. The molecule has 2 aromatic rings. The number of hydrogen-bond donors (Lipinski definition) is 1. The van der Waals surface area contributed by atoms with E-state index < -0.39 is 12.1 Å². The molecule has 2 aliphatic heterocycles. The second-order valence-electron chi connectivity index (χ2n) is 7.28. The van der Waals surface area contributed by atoms with E-state index in [2.05, 4.69) is 14.9 Å². The van der Waals surface area contributed by atoms with Crippen molar-refractivity contribution in [2.45, 2.75) is 12.6 Å². The lowest BCUT2D eigenvalue weighted by molar-refractivity contribution is -0.192. The fourth-order valence-corrected chi connectivity index (χ4v) is 4.22. The average molecular weight is 458 g/mol. The smallest absolute Gasteiger partial charge is 0.475 e. The van der Waals surface area contributed by atoms with Crippen LogP contribution < -0.4 is 4.90 Å². The number of aliphatic carboxylic acids is 1. The molecule has 1 amide bonds. The van der Waals surface area contributed by atoms with Crippen LogP contribution >= 0.6 is 11.3 Å². The van der Waals surface area contributed by atoms with Crippen LogP contribution in [0.5, 0.6) is 0 Å². The Morgan fingerprint density at radius 3 is 2.48 bits per heavy atom. The monoisotopic (exact) mass is 458 g/mol. The Morgan fingerprint density at radius 1 is 1.16 bits per heavy atom. The molecule has 31 heavy (non-hydrogen) atoms. The molecule has 4 heterocycles. The Labute approximate surface area is 180 Å². The van der Waals surface area contributed by atoms with Crippen molar-refractivity contribution in [1.82, 2.24) is 14.9 Å². The maximum absolute atomic E-state index is 12.7. The molecular formula is C19H21F3N4O4S. The van der Waals surface area contributed by atoms with Gasteiger partial charge in [0.15, 0.2) is 0 Å². The summed E-state index contributed by atoms with van der Waals surface area (Å²) in [5, 5.41) is 9.07. The van der Waals surface area contributed by atoms with Crippen molar-refractivity contribution in [3.05, 3.63) is 40.8 Å². The van der Waals surface area contributed by atoms with Crippen LogP contribution in [0, 0.1) is 5.41 Å². The van der Waals surface area contributed by atoms with Crippen molar-refractivity contribution in [1.29, 1.82) is 0 Å². The lowest BCUT2D eigenvalue weighted by atomic mass is 9.87. The normalized spacial score (nSPS) is 21.4. The molecule has 0 aromatic carbocycles. The molecule has 1 N–H and O–H groups in total. The molecule has 12 heteroatoms. The fraction of sp³-hybridized carbons (Fsp3) is 0.474. The van der Waals surface area contributed by atoms with Crippen LogP contribution in [0.15, 0.2) is 36.0 Å². The number of carbonyl (C=O) groups is 2. The van der Waals surface area contributed by atoms with Crippen LogP contribution in [-0.4, -0.2) is 77.4 Å². The number of amides is 1. The zero-order valence-electron chi connectivity index (χ0n) is 16.4. The van der Waals surface area contributed by atoms with Crippen molar-refractivity contribution < 1.29 is 32.6 Å². The van der Waals surface area contributed by atoms with E-state index in [1.165, 1.54) is 11.3 Å². The van der Waals surface area contributed by atoms with E-state index in [9.17, 15) is 18.0 Å². The maximum Gasteiger partial charge on any atom is 0.490 e. The van der Waals surface area contributed by atoms with Crippen molar-refractivity contribution >= 4 is 29.2 Å². The number of alkyl halides is 3. The summed E-state index contributed by atoms with van der Waals surface area (Å²) in [7, 11) is 0. The first-order valence-corrected chi connectivity index (χ1v) is 10.3. The predicted molar refractivity (Wildman–Crippen MR) is 106 cm³/mol. The maximum atomic E-state index is 12.7. The summed E-state index contributed by atoms with van der Waals surface area (Å²) in [4.78, 5) is 35.3. The molecule has 0 radical (unpaired) electrons. The van der Waals surface area contributed by atoms with Gasteiger partial charge in [0.2, 0.25) is 5.95 Å². The quantitative estimate of drug-likeness (QED) is 0.739. The molecule has 2 saturated heterocycles. The molecule has 2 aliphatic rings. The number of carboxylic acid groups (broad SMARTS) is 1. The number of halogens is 3. The van der Waals surface area contributed by atoms with Crippen LogP contribution in [0.1, 0.15) is 16.1 Å². The van der Waals surface area contributed by atoms with Crippen LogP contribution in [0.2, 0.25) is 0 Å². The second-order valence-corrected chi connectivity index (χ2v) is 8.23. The number of carbonyl (C=O) groups excluding carboxylic acids is 1. The molecule has 4 rings (SSSR count). The van der Waals surface area contributed by atoms with Gasteiger partial charge in [0, 0.05) is 44.0 Å². The van der Waals surface area contributed by atoms with Crippen LogP contribution in [0.25, 0.3) is 0 Å².